The van der Waals surface area contributed by atoms with Crippen molar-refractivity contribution in [1.29, 1.82) is 0 Å². The minimum absolute atomic E-state index is 0.0329. The average molecular weight is 583 g/mol. The molecule has 4 nitrogen and oxygen atoms in total. The average Bonchev–Trinajstić information content (AvgIpc) is 3.47. The van der Waals surface area contributed by atoms with Gasteiger partial charge in [-0.1, -0.05) is 107 Å². The first-order chi connectivity index (χ1) is 21.0. The van der Waals surface area contributed by atoms with Gasteiger partial charge >= 0.3 is 0 Å². The molecule has 4 heteroatoms. The van der Waals surface area contributed by atoms with Crippen molar-refractivity contribution in [2.45, 2.75) is 79.8 Å². The van der Waals surface area contributed by atoms with Gasteiger partial charge in [-0.3, -0.25) is 4.79 Å². The number of hydrogen-bond acceptors (Lipinski definition) is 3. The molecule has 0 saturated carbocycles. The number of nitrogens with zero attached hydrogens (tertiary/aromatic N) is 2. The van der Waals surface area contributed by atoms with Crippen LogP contribution in [0.25, 0.3) is 0 Å². The second-order valence-corrected chi connectivity index (χ2v) is 10.2. The largest absolute Gasteiger partial charge is 0.384 e. The van der Waals surface area contributed by atoms with Crippen LogP contribution in [0.15, 0.2) is 102 Å². The summed E-state index contributed by atoms with van der Waals surface area (Å²) in [4.78, 5) is 18.4. The highest BCUT2D eigenvalue weighted by Crippen LogP contribution is 2.24. The number of likely N-dealkylation sites (tertiary alicyclic amines) is 1. The fourth-order valence-electron chi connectivity index (χ4n) is 4.90. The predicted molar refractivity (Wildman–Crippen MR) is 184 cm³/mol. The van der Waals surface area contributed by atoms with Crippen molar-refractivity contribution in [3.63, 3.8) is 0 Å². The fourth-order valence-corrected chi connectivity index (χ4v) is 4.90. The quantitative estimate of drug-likeness (QED) is 0.172. The smallest absolute Gasteiger partial charge is 0.255 e. The second kappa shape index (κ2) is 22.9. The Bertz CT molecular complexity index is 1230. The van der Waals surface area contributed by atoms with Gasteiger partial charge in [0.15, 0.2) is 0 Å². The molecule has 1 amide bonds. The molecule has 0 radical (unpaired) electrons. The normalized spacial score (nSPS) is 16.9. The highest BCUT2D eigenvalue weighted by Gasteiger charge is 2.28. The Labute approximate surface area is 262 Å². The molecular formula is C39H54N2O2. The molecule has 1 N–H and O–H groups in total. The molecule has 0 spiro atoms. The summed E-state index contributed by atoms with van der Waals surface area (Å²) < 4.78 is 0. The molecule has 0 bridgehead atoms. The lowest BCUT2D eigenvalue weighted by Crippen LogP contribution is -2.41. The molecule has 1 aromatic carbocycles. The van der Waals surface area contributed by atoms with Crippen LogP contribution >= 0.6 is 0 Å². The summed E-state index contributed by atoms with van der Waals surface area (Å²) in [5, 5.41) is 9.08. The number of carbonyl (C=O) groups is 1. The molecule has 232 valence electrons. The van der Waals surface area contributed by atoms with Crippen LogP contribution < -0.4 is 0 Å². The summed E-state index contributed by atoms with van der Waals surface area (Å²) in [6, 6.07) is 8.11. The Kier molecular flexibility index (Phi) is 19.9. The van der Waals surface area contributed by atoms with Crippen molar-refractivity contribution < 1.29 is 9.90 Å². The van der Waals surface area contributed by atoms with E-state index in [0.717, 1.165) is 62.0 Å². The number of benzene rings is 1. The van der Waals surface area contributed by atoms with Gasteiger partial charge in [-0.2, -0.15) is 0 Å². The summed E-state index contributed by atoms with van der Waals surface area (Å²) in [6.45, 7) is 19.9. The lowest BCUT2D eigenvalue weighted by atomic mass is 9.98. The summed E-state index contributed by atoms with van der Waals surface area (Å²) in [5.41, 5.74) is 6.78. The standard InChI is InChI=1S/C35H42N2O2.2C2H6/c1-4-5-8-14-29(2)30(3)21-24-36-23-12-20-34(22-25-36)37(35(39)33-18-9-6-7-10-19-33)28-32-16-11-15-31(27-32)17-13-26-38;2*1-2/h4-9,11,14-16,18-19,27,30,34,38H,2,12,20-26,28H2,1,3H3;2*1-2H3/b5-4-,14-8-;;. The Hall–Kier alpha value is -3.61. The lowest BCUT2D eigenvalue weighted by molar-refractivity contribution is -0.130. The van der Waals surface area contributed by atoms with Crippen molar-refractivity contribution in [3.8, 4) is 11.8 Å². The summed E-state index contributed by atoms with van der Waals surface area (Å²) in [7, 11) is 0. The topological polar surface area (TPSA) is 43.8 Å². The van der Waals surface area contributed by atoms with Crippen LogP contribution in [0.5, 0.6) is 0 Å². The fraction of sp³-hybridized carbons (Fsp3) is 0.436. The summed E-state index contributed by atoms with van der Waals surface area (Å²) in [6.07, 6.45) is 21.5. The van der Waals surface area contributed by atoms with Gasteiger partial charge in [0.1, 0.15) is 6.61 Å². The molecule has 0 aromatic heterocycles. The lowest BCUT2D eigenvalue weighted by Gasteiger charge is -2.32. The van der Waals surface area contributed by atoms with E-state index in [2.05, 4.69) is 48.1 Å². The maximum absolute atomic E-state index is 13.8. The third-order valence-corrected chi connectivity index (χ3v) is 7.27. The van der Waals surface area contributed by atoms with Gasteiger partial charge < -0.3 is 14.9 Å². The van der Waals surface area contributed by atoms with Crippen molar-refractivity contribution in [3.05, 3.63) is 114 Å². The van der Waals surface area contributed by atoms with E-state index in [1.807, 2.05) is 100 Å². The molecule has 3 rings (SSSR count). The maximum Gasteiger partial charge on any atom is 0.255 e. The monoisotopic (exact) mass is 582 g/mol. The first kappa shape index (κ1) is 37.4. The van der Waals surface area contributed by atoms with Crippen LogP contribution in [0.2, 0.25) is 0 Å². The molecule has 43 heavy (non-hydrogen) atoms. The number of allylic oxidation sites excluding steroid dienone is 8. The van der Waals surface area contributed by atoms with Crippen molar-refractivity contribution in [2.24, 2.45) is 5.92 Å². The van der Waals surface area contributed by atoms with E-state index in [-0.39, 0.29) is 18.6 Å². The molecule has 1 aliphatic heterocycles. The van der Waals surface area contributed by atoms with Gasteiger partial charge in [0.2, 0.25) is 0 Å². The van der Waals surface area contributed by atoms with Crippen LogP contribution in [-0.2, 0) is 11.3 Å². The molecule has 1 fully saturated rings. The minimum Gasteiger partial charge on any atom is -0.384 e. The van der Waals surface area contributed by atoms with Crippen molar-refractivity contribution >= 4 is 5.91 Å². The third kappa shape index (κ3) is 13.9. The number of aliphatic hydroxyl groups is 1. The van der Waals surface area contributed by atoms with E-state index in [0.29, 0.717) is 18.0 Å². The van der Waals surface area contributed by atoms with Gasteiger partial charge in [0.25, 0.3) is 5.91 Å². The molecule has 1 aliphatic carbocycles. The Morgan fingerprint density at radius 1 is 1.19 bits per heavy atom. The van der Waals surface area contributed by atoms with E-state index in [9.17, 15) is 4.79 Å². The molecular weight excluding hydrogens is 528 g/mol. The van der Waals surface area contributed by atoms with Crippen LogP contribution in [-0.4, -0.2) is 53.1 Å². The maximum atomic E-state index is 13.8. The van der Waals surface area contributed by atoms with Gasteiger partial charge in [-0.15, -0.1) is 5.73 Å². The highest BCUT2D eigenvalue weighted by molar-refractivity contribution is 5.96. The third-order valence-electron chi connectivity index (χ3n) is 7.27. The molecule has 2 unspecified atom stereocenters. The van der Waals surface area contributed by atoms with Crippen molar-refractivity contribution in [2.75, 3.05) is 26.2 Å². The summed E-state index contributed by atoms with van der Waals surface area (Å²) in [5.74, 6) is 6.16. The van der Waals surface area contributed by atoms with Crippen LogP contribution in [0.1, 0.15) is 78.4 Å². The SMILES string of the molecule is C=C(/C=C\C=C/C)C(C)CCN1CCCC(N(Cc2cccc(C#CCO)c2)C(=O)C2=CC=CC=C=C2)CC1.CC.CC. The number of hydrogen-bond donors (Lipinski definition) is 1. The molecule has 1 heterocycles. The Morgan fingerprint density at radius 2 is 1.98 bits per heavy atom. The zero-order valence-electron chi connectivity index (χ0n) is 27.5. The van der Waals surface area contributed by atoms with Gasteiger partial charge in [0.05, 0.1) is 0 Å². The Balaban J connectivity index is 0.00000221. The number of carbonyl (C=O) groups excluding carboxylic acids is 1. The zero-order valence-corrected chi connectivity index (χ0v) is 27.5. The van der Waals surface area contributed by atoms with Gasteiger partial charge in [-0.25, -0.2) is 0 Å². The number of aliphatic hydroxyl groups excluding tert-OH is 1. The van der Waals surface area contributed by atoms with E-state index in [4.69, 9.17) is 5.11 Å². The number of rotatable bonds is 10. The Morgan fingerprint density at radius 3 is 2.72 bits per heavy atom. The van der Waals surface area contributed by atoms with E-state index in [1.165, 1.54) is 0 Å². The van der Waals surface area contributed by atoms with Crippen molar-refractivity contribution in [1.82, 2.24) is 9.80 Å². The molecule has 2 aliphatic rings. The zero-order chi connectivity index (χ0) is 31.9. The molecule has 1 saturated heterocycles. The predicted octanol–water partition coefficient (Wildman–Crippen LogP) is 8.19. The molecule has 1 aromatic rings. The van der Waals surface area contributed by atoms with Crippen LogP contribution in [0, 0.1) is 17.8 Å². The van der Waals surface area contributed by atoms with Crippen LogP contribution in [0.3, 0.4) is 0 Å². The first-order valence-corrected chi connectivity index (χ1v) is 16.0. The van der Waals surface area contributed by atoms with E-state index < -0.39 is 0 Å². The summed E-state index contributed by atoms with van der Waals surface area (Å²) >= 11 is 0. The number of amides is 1. The first-order valence-electron chi connectivity index (χ1n) is 16.0. The second-order valence-electron chi connectivity index (χ2n) is 10.2. The van der Waals surface area contributed by atoms with Gasteiger partial charge in [0, 0.05) is 30.3 Å². The van der Waals surface area contributed by atoms with Crippen LogP contribution in [0.4, 0.5) is 0 Å². The van der Waals surface area contributed by atoms with Gasteiger partial charge in [-0.05, 0) is 87.5 Å². The van der Waals surface area contributed by atoms with E-state index in [1.54, 1.807) is 6.08 Å². The highest BCUT2D eigenvalue weighted by atomic mass is 16.2. The molecule has 2 atom stereocenters. The van der Waals surface area contributed by atoms with E-state index >= 15 is 0 Å². The minimum atomic E-state index is -0.172.